The SMILES string of the molecule is CCC(C(=O)O)c1ncccn1. The second kappa shape index (κ2) is 3.80. The first-order chi connectivity index (χ1) is 5.75. The van der Waals surface area contributed by atoms with Crippen molar-refractivity contribution in [2.45, 2.75) is 19.3 Å². The van der Waals surface area contributed by atoms with Crippen LogP contribution in [0.25, 0.3) is 0 Å². The molecular formula is C8H10N2O2. The van der Waals surface area contributed by atoms with Gasteiger partial charge in [-0.25, -0.2) is 9.97 Å². The van der Waals surface area contributed by atoms with E-state index in [2.05, 4.69) is 9.97 Å². The van der Waals surface area contributed by atoms with Gasteiger partial charge in [0, 0.05) is 12.4 Å². The van der Waals surface area contributed by atoms with E-state index in [1.54, 1.807) is 25.4 Å². The zero-order valence-corrected chi connectivity index (χ0v) is 6.77. The van der Waals surface area contributed by atoms with Gasteiger partial charge in [0.25, 0.3) is 0 Å². The number of carbonyl (C=O) groups is 1. The summed E-state index contributed by atoms with van der Waals surface area (Å²) in [6.45, 7) is 1.80. The Morgan fingerprint density at radius 3 is 2.58 bits per heavy atom. The number of aliphatic carboxylic acids is 1. The van der Waals surface area contributed by atoms with Crippen molar-refractivity contribution in [1.29, 1.82) is 0 Å². The second-order valence-electron chi connectivity index (χ2n) is 2.41. The van der Waals surface area contributed by atoms with Crippen LogP contribution in [-0.2, 0) is 4.79 Å². The summed E-state index contributed by atoms with van der Waals surface area (Å²) >= 11 is 0. The highest BCUT2D eigenvalue weighted by molar-refractivity contribution is 5.74. The Bertz CT molecular complexity index is 261. The van der Waals surface area contributed by atoms with Gasteiger partial charge in [0.15, 0.2) is 0 Å². The van der Waals surface area contributed by atoms with Crippen molar-refractivity contribution in [3.05, 3.63) is 24.3 Å². The molecule has 0 aliphatic rings. The van der Waals surface area contributed by atoms with E-state index in [0.717, 1.165) is 0 Å². The molecule has 0 radical (unpaired) electrons. The molecule has 0 saturated heterocycles. The molecule has 0 aliphatic heterocycles. The third kappa shape index (κ3) is 1.78. The monoisotopic (exact) mass is 166 g/mol. The van der Waals surface area contributed by atoms with Gasteiger partial charge in [-0.05, 0) is 12.5 Å². The number of hydrogen-bond donors (Lipinski definition) is 1. The smallest absolute Gasteiger partial charge is 0.314 e. The third-order valence-electron chi connectivity index (χ3n) is 1.60. The predicted octanol–water partition coefficient (Wildman–Crippen LogP) is 1.05. The van der Waals surface area contributed by atoms with E-state index in [1.807, 2.05) is 0 Å². The highest BCUT2D eigenvalue weighted by Gasteiger charge is 2.19. The van der Waals surface area contributed by atoms with Gasteiger partial charge in [-0.15, -0.1) is 0 Å². The Morgan fingerprint density at radius 1 is 1.58 bits per heavy atom. The van der Waals surface area contributed by atoms with Gasteiger partial charge in [-0.3, -0.25) is 4.79 Å². The van der Waals surface area contributed by atoms with Crippen LogP contribution in [0.5, 0.6) is 0 Å². The van der Waals surface area contributed by atoms with Crippen LogP contribution in [0.3, 0.4) is 0 Å². The van der Waals surface area contributed by atoms with E-state index in [4.69, 9.17) is 5.11 Å². The molecule has 0 fully saturated rings. The fourth-order valence-electron chi connectivity index (χ4n) is 0.958. The van der Waals surface area contributed by atoms with Crippen molar-refractivity contribution in [2.24, 2.45) is 0 Å². The van der Waals surface area contributed by atoms with E-state index in [9.17, 15) is 4.79 Å². The summed E-state index contributed by atoms with van der Waals surface area (Å²) in [5.41, 5.74) is 0. The van der Waals surface area contributed by atoms with Gasteiger partial charge in [-0.1, -0.05) is 6.92 Å². The quantitative estimate of drug-likeness (QED) is 0.729. The molecule has 4 nitrogen and oxygen atoms in total. The summed E-state index contributed by atoms with van der Waals surface area (Å²) < 4.78 is 0. The lowest BCUT2D eigenvalue weighted by molar-refractivity contribution is -0.139. The Kier molecular flexibility index (Phi) is 2.74. The molecule has 1 aromatic heterocycles. The molecule has 1 rings (SSSR count). The lowest BCUT2D eigenvalue weighted by atomic mass is 10.1. The van der Waals surface area contributed by atoms with E-state index >= 15 is 0 Å². The summed E-state index contributed by atoms with van der Waals surface area (Å²) in [6, 6.07) is 1.66. The molecule has 0 spiro atoms. The van der Waals surface area contributed by atoms with Gasteiger partial charge in [0.05, 0.1) is 0 Å². The van der Waals surface area contributed by atoms with Crippen molar-refractivity contribution >= 4 is 5.97 Å². The van der Waals surface area contributed by atoms with Crippen LogP contribution in [0, 0.1) is 0 Å². The van der Waals surface area contributed by atoms with E-state index in [0.29, 0.717) is 12.2 Å². The molecule has 0 amide bonds. The number of hydrogen-bond acceptors (Lipinski definition) is 3. The molecule has 1 heterocycles. The Hall–Kier alpha value is -1.45. The maximum atomic E-state index is 10.7. The van der Waals surface area contributed by atoms with Gasteiger partial charge in [0.1, 0.15) is 11.7 Å². The second-order valence-corrected chi connectivity index (χ2v) is 2.41. The fraction of sp³-hybridized carbons (Fsp3) is 0.375. The van der Waals surface area contributed by atoms with Crippen LogP contribution in [0.15, 0.2) is 18.5 Å². The predicted molar refractivity (Wildman–Crippen MR) is 42.7 cm³/mol. The van der Waals surface area contributed by atoms with E-state index in [-0.39, 0.29) is 0 Å². The minimum Gasteiger partial charge on any atom is -0.481 e. The molecule has 64 valence electrons. The first-order valence-corrected chi connectivity index (χ1v) is 3.75. The molecule has 4 heteroatoms. The lowest BCUT2D eigenvalue weighted by Gasteiger charge is -2.05. The maximum absolute atomic E-state index is 10.7. The molecule has 0 bridgehead atoms. The number of carboxylic acids is 1. The summed E-state index contributed by atoms with van der Waals surface area (Å²) in [5, 5.41) is 8.75. The first kappa shape index (κ1) is 8.64. The molecule has 0 saturated carbocycles. The van der Waals surface area contributed by atoms with Crippen LogP contribution >= 0.6 is 0 Å². The average Bonchev–Trinajstić information content (AvgIpc) is 2.07. The fourth-order valence-corrected chi connectivity index (χ4v) is 0.958. The highest BCUT2D eigenvalue weighted by atomic mass is 16.4. The van der Waals surface area contributed by atoms with E-state index < -0.39 is 11.9 Å². The number of carboxylic acid groups (broad SMARTS) is 1. The van der Waals surface area contributed by atoms with Gasteiger partial charge in [-0.2, -0.15) is 0 Å². The van der Waals surface area contributed by atoms with Crippen LogP contribution in [0.4, 0.5) is 0 Å². The third-order valence-corrected chi connectivity index (χ3v) is 1.60. The maximum Gasteiger partial charge on any atom is 0.314 e. The van der Waals surface area contributed by atoms with Crippen molar-refractivity contribution in [3.63, 3.8) is 0 Å². The summed E-state index contributed by atoms with van der Waals surface area (Å²) in [5.74, 6) is -1.07. The summed E-state index contributed by atoms with van der Waals surface area (Å²) in [7, 11) is 0. The van der Waals surface area contributed by atoms with Crippen molar-refractivity contribution in [2.75, 3.05) is 0 Å². The Labute approximate surface area is 70.3 Å². The zero-order chi connectivity index (χ0) is 8.97. The molecule has 12 heavy (non-hydrogen) atoms. The largest absolute Gasteiger partial charge is 0.481 e. The molecule has 0 aromatic carbocycles. The Balaban J connectivity index is 2.88. The van der Waals surface area contributed by atoms with Crippen LogP contribution < -0.4 is 0 Å². The van der Waals surface area contributed by atoms with Crippen LogP contribution in [0.1, 0.15) is 25.1 Å². The highest BCUT2D eigenvalue weighted by Crippen LogP contribution is 2.13. The Morgan fingerprint density at radius 2 is 2.17 bits per heavy atom. The van der Waals surface area contributed by atoms with Crippen molar-refractivity contribution < 1.29 is 9.90 Å². The van der Waals surface area contributed by atoms with Gasteiger partial charge in [0.2, 0.25) is 0 Å². The normalized spacial score (nSPS) is 12.4. The standard InChI is InChI=1S/C8H10N2O2/c1-2-6(8(11)12)7-9-4-3-5-10-7/h3-6H,2H2,1H3,(H,11,12). The number of aromatic nitrogens is 2. The molecule has 1 aromatic rings. The molecule has 1 N–H and O–H groups in total. The van der Waals surface area contributed by atoms with Gasteiger partial charge < -0.3 is 5.11 Å². The van der Waals surface area contributed by atoms with Crippen LogP contribution in [0.2, 0.25) is 0 Å². The summed E-state index contributed by atoms with van der Waals surface area (Å²) in [4.78, 5) is 18.4. The first-order valence-electron chi connectivity index (χ1n) is 3.75. The molecule has 0 aliphatic carbocycles. The minimum absolute atomic E-state index is 0.382. The number of nitrogens with zero attached hydrogens (tertiary/aromatic N) is 2. The molecule has 1 unspecified atom stereocenters. The molecule has 1 atom stereocenters. The topological polar surface area (TPSA) is 63.1 Å². The average molecular weight is 166 g/mol. The summed E-state index contributed by atoms with van der Waals surface area (Å²) in [6.07, 6.45) is 3.61. The number of rotatable bonds is 3. The van der Waals surface area contributed by atoms with Gasteiger partial charge >= 0.3 is 5.97 Å². The van der Waals surface area contributed by atoms with Crippen molar-refractivity contribution in [3.8, 4) is 0 Å². The van der Waals surface area contributed by atoms with Crippen molar-refractivity contribution in [1.82, 2.24) is 9.97 Å². The minimum atomic E-state index is -0.872. The zero-order valence-electron chi connectivity index (χ0n) is 6.77. The van der Waals surface area contributed by atoms with E-state index in [1.165, 1.54) is 0 Å². The molecular weight excluding hydrogens is 156 g/mol. The van der Waals surface area contributed by atoms with Crippen LogP contribution in [-0.4, -0.2) is 21.0 Å². The lowest BCUT2D eigenvalue weighted by Crippen LogP contribution is -2.13.